The molecule has 0 aromatic carbocycles. The Morgan fingerprint density at radius 1 is 0.833 bits per heavy atom. The molecule has 0 aliphatic heterocycles. The van der Waals surface area contributed by atoms with Gasteiger partial charge in [-0.25, -0.2) is 0 Å². The molecule has 1 rings (SSSR count). The van der Waals surface area contributed by atoms with Gasteiger partial charge in [0.2, 0.25) is 0 Å². The summed E-state index contributed by atoms with van der Waals surface area (Å²) in [6.07, 6.45) is 5.88. The molecule has 0 saturated heterocycles. The van der Waals surface area contributed by atoms with Gasteiger partial charge in [-0.15, -0.1) is 0 Å². The fourth-order valence-corrected chi connectivity index (χ4v) is 1.83. The van der Waals surface area contributed by atoms with Crippen LogP contribution < -0.4 is 0 Å². The summed E-state index contributed by atoms with van der Waals surface area (Å²) in [6, 6.07) is 0. The van der Waals surface area contributed by atoms with Crippen LogP contribution in [-0.2, 0) is 0 Å². The highest BCUT2D eigenvalue weighted by atomic mass is 16.5. The van der Waals surface area contributed by atoms with Crippen LogP contribution in [0, 0.1) is 5.41 Å². The van der Waals surface area contributed by atoms with Crippen LogP contribution in [0.25, 0.3) is 0 Å². The summed E-state index contributed by atoms with van der Waals surface area (Å²) in [4.78, 5) is 0. The fraction of sp³-hybridized carbons (Fsp3) is 1.00. The van der Waals surface area contributed by atoms with Crippen LogP contribution in [0.1, 0.15) is 52.4 Å². The van der Waals surface area contributed by atoms with Gasteiger partial charge in [-0.1, -0.05) is 33.1 Å². The van der Waals surface area contributed by atoms with Gasteiger partial charge in [0.1, 0.15) is 0 Å². The van der Waals surface area contributed by atoms with Crippen molar-refractivity contribution in [2.24, 2.45) is 5.41 Å². The molecule has 1 aliphatic rings. The first-order valence-corrected chi connectivity index (χ1v) is 4.90. The Bertz CT molecular complexity index is 132. The smallest absolute Gasteiger partial charge is 0.167 e. The molecule has 2 N–H and O–H groups in total. The number of hydrogen-bond donors (Lipinski definition) is 2. The molecule has 2 nitrogen and oxygen atoms in total. The van der Waals surface area contributed by atoms with Crippen molar-refractivity contribution in [1.29, 1.82) is 0 Å². The molecule has 0 radical (unpaired) electrons. The normalized spacial score (nSPS) is 29.0. The second kappa shape index (κ2) is 3.35. The predicted octanol–water partition coefficient (Wildman–Crippen LogP) is 2.05. The lowest BCUT2D eigenvalue weighted by Crippen LogP contribution is -2.45. The van der Waals surface area contributed by atoms with Crippen LogP contribution in [0.2, 0.25) is 0 Å². The molecule has 0 bridgehead atoms. The first kappa shape index (κ1) is 10.0. The monoisotopic (exact) mass is 172 g/mol. The Balaban J connectivity index is 2.66. The van der Waals surface area contributed by atoms with E-state index in [9.17, 15) is 10.2 Å². The van der Waals surface area contributed by atoms with E-state index in [1.807, 2.05) is 13.8 Å². The van der Waals surface area contributed by atoms with E-state index in [2.05, 4.69) is 0 Å². The topological polar surface area (TPSA) is 40.5 Å². The van der Waals surface area contributed by atoms with E-state index in [4.69, 9.17) is 0 Å². The van der Waals surface area contributed by atoms with Crippen LogP contribution in [-0.4, -0.2) is 16.0 Å². The second-order valence-electron chi connectivity index (χ2n) is 4.61. The lowest BCUT2D eigenvalue weighted by molar-refractivity contribution is -0.242. The predicted molar refractivity (Wildman–Crippen MR) is 48.7 cm³/mol. The minimum atomic E-state index is -1.45. The Labute approximate surface area is 74.6 Å². The maximum absolute atomic E-state index is 9.76. The first-order valence-electron chi connectivity index (χ1n) is 4.90. The fourth-order valence-electron chi connectivity index (χ4n) is 1.83. The van der Waals surface area contributed by atoms with Crippen LogP contribution in [0.3, 0.4) is 0 Å². The van der Waals surface area contributed by atoms with E-state index < -0.39 is 5.79 Å². The van der Waals surface area contributed by atoms with Crippen LogP contribution in [0.4, 0.5) is 0 Å². The molecule has 0 aromatic rings. The highest BCUT2D eigenvalue weighted by molar-refractivity contribution is 4.85. The lowest BCUT2D eigenvalue weighted by atomic mass is 9.75. The third kappa shape index (κ3) is 1.99. The minimum Gasteiger partial charge on any atom is -0.365 e. The van der Waals surface area contributed by atoms with E-state index in [0.717, 1.165) is 25.7 Å². The molecule has 0 spiro atoms. The standard InChI is InChI=1S/C10H20O2/c1-9(2)7-5-3-4-6-8-10(9,11)12/h11-12H,3-8H2,1-2H3. The summed E-state index contributed by atoms with van der Waals surface area (Å²) in [5.41, 5.74) is -0.340. The van der Waals surface area contributed by atoms with Gasteiger partial charge in [0.05, 0.1) is 0 Å². The number of aliphatic hydroxyl groups is 2. The van der Waals surface area contributed by atoms with Crippen molar-refractivity contribution >= 4 is 0 Å². The highest BCUT2D eigenvalue weighted by Gasteiger charge is 2.41. The SMILES string of the molecule is CC1(C)CCCCCCC1(O)O. The van der Waals surface area contributed by atoms with Crippen molar-refractivity contribution in [2.75, 3.05) is 0 Å². The summed E-state index contributed by atoms with van der Waals surface area (Å²) in [7, 11) is 0. The van der Waals surface area contributed by atoms with Gasteiger partial charge in [0.25, 0.3) is 0 Å². The zero-order valence-electron chi connectivity index (χ0n) is 8.14. The zero-order chi connectivity index (χ0) is 9.24. The lowest BCUT2D eigenvalue weighted by Gasteiger charge is -2.40. The Morgan fingerprint density at radius 3 is 1.92 bits per heavy atom. The van der Waals surface area contributed by atoms with Crippen LogP contribution in [0.5, 0.6) is 0 Å². The highest BCUT2D eigenvalue weighted by Crippen LogP contribution is 2.39. The Kier molecular flexibility index (Phi) is 2.79. The van der Waals surface area contributed by atoms with E-state index >= 15 is 0 Å². The van der Waals surface area contributed by atoms with Crippen molar-refractivity contribution in [2.45, 2.75) is 58.2 Å². The molecule has 0 heterocycles. The molecule has 0 amide bonds. The third-order valence-corrected chi connectivity index (χ3v) is 3.16. The number of hydrogen-bond acceptors (Lipinski definition) is 2. The summed E-state index contributed by atoms with van der Waals surface area (Å²) in [5.74, 6) is -1.45. The van der Waals surface area contributed by atoms with E-state index in [0.29, 0.717) is 6.42 Å². The maximum atomic E-state index is 9.76. The van der Waals surface area contributed by atoms with E-state index in [-0.39, 0.29) is 5.41 Å². The summed E-state index contributed by atoms with van der Waals surface area (Å²) < 4.78 is 0. The first-order chi connectivity index (χ1) is 5.46. The van der Waals surface area contributed by atoms with E-state index in [1.54, 1.807) is 0 Å². The molecular formula is C10H20O2. The molecule has 12 heavy (non-hydrogen) atoms. The largest absolute Gasteiger partial charge is 0.365 e. The molecule has 1 aliphatic carbocycles. The average molecular weight is 172 g/mol. The van der Waals surface area contributed by atoms with Gasteiger partial charge in [-0.3, -0.25) is 0 Å². The molecule has 0 unspecified atom stereocenters. The third-order valence-electron chi connectivity index (χ3n) is 3.16. The Morgan fingerprint density at radius 2 is 1.33 bits per heavy atom. The molecular weight excluding hydrogens is 152 g/mol. The zero-order valence-corrected chi connectivity index (χ0v) is 8.14. The summed E-state index contributed by atoms with van der Waals surface area (Å²) in [5, 5.41) is 19.5. The van der Waals surface area contributed by atoms with Crippen molar-refractivity contribution in [3.63, 3.8) is 0 Å². The van der Waals surface area contributed by atoms with Gasteiger partial charge in [-0.05, 0) is 12.8 Å². The molecule has 0 atom stereocenters. The van der Waals surface area contributed by atoms with Crippen molar-refractivity contribution in [1.82, 2.24) is 0 Å². The number of rotatable bonds is 0. The molecule has 72 valence electrons. The quantitative estimate of drug-likeness (QED) is 0.549. The van der Waals surface area contributed by atoms with E-state index in [1.165, 1.54) is 6.42 Å². The summed E-state index contributed by atoms with van der Waals surface area (Å²) in [6.45, 7) is 3.89. The summed E-state index contributed by atoms with van der Waals surface area (Å²) >= 11 is 0. The minimum absolute atomic E-state index is 0.340. The van der Waals surface area contributed by atoms with Gasteiger partial charge in [0, 0.05) is 11.8 Å². The van der Waals surface area contributed by atoms with Crippen molar-refractivity contribution in [3.05, 3.63) is 0 Å². The second-order valence-corrected chi connectivity index (χ2v) is 4.61. The molecule has 2 heteroatoms. The molecule has 1 fully saturated rings. The average Bonchev–Trinajstić information content (AvgIpc) is 1.94. The van der Waals surface area contributed by atoms with Gasteiger partial charge in [0.15, 0.2) is 5.79 Å². The van der Waals surface area contributed by atoms with Crippen LogP contribution >= 0.6 is 0 Å². The van der Waals surface area contributed by atoms with Crippen LogP contribution in [0.15, 0.2) is 0 Å². The maximum Gasteiger partial charge on any atom is 0.167 e. The van der Waals surface area contributed by atoms with Crippen molar-refractivity contribution in [3.8, 4) is 0 Å². The molecule has 1 saturated carbocycles. The van der Waals surface area contributed by atoms with Gasteiger partial charge < -0.3 is 10.2 Å². The van der Waals surface area contributed by atoms with Crippen molar-refractivity contribution < 1.29 is 10.2 Å². The Hall–Kier alpha value is -0.0800. The molecule has 0 aromatic heterocycles. The van der Waals surface area contributed by atoms with Gasteiger partial charge in [-0.2, -0.15) is 0 Å². The van der Waals surface area contributed by atoms with Gasteiger partial charge >= 0.3 is 0 Å².